The molecule has 0 aliphatic rings. The molecule has 0 aliphatic carbocycles. The van der Waals surface area contributed by atoms with Gasteiger partial charge in [0, 0.05) is 5.57 Å². The van der Waals surface area contributed by atoms with Gasteiger partial charge in [0.15, 0.2) is 0 Å². The maximum atomic E-state index is 11.7. The third-order valence-electron chi connectivity index (χ3n) is 3.09. The van der Waals surface area contributed by atoms with E-state index in [2.05, 4.69) is 26.8 Å². The largest absolute Gasteiger partial charge is 0.459 e. The Balaban J connectivity index is 4.03. The maximum Gasteiger partial charge on any atom is 0.333 e. The van der Waals surface area contributed by atoms with Crippen LogP contribution in [-0.4, -0.2) is 12.1 Å². The minimum atomic E-state index is -0.175. The van der Waals surface area contributed by atoms with Gasteiger partial charge in [-0.15, -0.1) is 0 Å². The molecule has 0 aliphatic heterocycles. The van der Waals surface area contributed by atoms with Gasteiger partial charge in [-0.3, -0.25) is 0 Å². The number of hydrogen-bond donors (Lipinski definition) is 0. The van der Waals surface area contributed by atoms with Crippen molar-refractivity contribution < 1.29 is 9.53 Å². The molecule has 0 aromatic rings. The molecule has 0 fully saturated rings. The van der Waals surface area contributed by atoms with Crippen LogP contribution in [0.5, 0.6) is 0 Å². The van der Waals surface area contributed by atoms with Crippen molar-refractivity contribution in [2.45, 2.75) is 73.3 Å². The standard InChI is InChI=1S/C17H30O2/c1-7-9-15(5)17(18)19-16(6)12-14(4)11-8-10-13(2)3/h9-10,14,16H,7-8,11-12H2,1-6H3/b15-9+. The first kappa shape index (κ1) is 17.9. The average molecular weight is 266 g/mol. The number of esters is 1. The Hall–Kier alpha value is -1.05. The Kier molecular flexibility index (Phi) is 9.28. The van der Waals surface area contributed by atoms with Crippen LogP contribution < -0.4 is 0 Å². The van der Waals surface area contributed by atoms with E-state index in [1.807, 2.05) is 26.8 Å². The van der Waals surface area contributed by atoms with E-state index in [0.717, 1.165) is 25.7 Å². The smallest absolute Gasteiger partial charge is 0.333 e. The van der Waals surface area contributed by atoms with E-state index in [-0.39, 0.29) is 12.1 Å². The zero-order valence-corrected chi connectivity index (χ0v) is 13.5. The molecule has 0 aromatic heterocycles. The second kappa shape index (κ2) is 9.82. The molecule has 0 spiro atoms. The van der Waals surface area contributed by atoms with Crippen LogP contribution >= 0.6 is 0 Å². The van der Waals surface area contributed by atoms with Crippen LogP contribution in [0.2, 0.25) is 0 Å². The third-order valence-corrected chi connectivity index (χ3v) is 3.09. The molecular formula is C17H30O2. The number of allylic oxidation sites excluding steroid dienone is 3. The fourth-order valence-corrected chi connectivity index (χ4v) is 2.05. The molecule has 2 nitrogen and oxygen atoms in total. The van der Waals surface area contributed by atoms with E-state index < -0.39 is 0 Å². The van der Waals surface area contributed by atoms with Crippen molar-refractivity contribution in [2.75, 3.05) is 0 Å². The molecule has 0 amide bonds. The molecule has 2 unspecified atom stereocenters. The number of carbonyl (C=O) groups excluding carboxylic acids is 1. The van der Waals surface area contributed by atoms with Crippen LogP contribution in [0.4, 0.5) is 0 Å². The molecular weight excluding hydrogens is 236 g/mol. The van der Waals surface area contributed by atoms with Crippen LogP contribution in [0.1, 0.15) is 67.2 Å². The fourth-order valence-electron chi connectivity index (χ4n) is 2.05. The Labute approximate surface area is 118 Å². The highest BCUT2D eigenvalue weighted by molar-refractivity contribution is 5.87. The Morgan fingerprint density at radius 1 is 1.16 bits per heavy atom. The zero-order valence-electron chi connectivity index (χ0n) is 13.5. The first-order valence-electron chi connectivity index (χ1n) is 7.37. The van der Waals surface area contributed by atoms with Gasteiger partial charge in [-0.05, 0) is 59.3 Å². The van der Waals surface area contributed by atoms with Crippen molar-refractivity contribution in [3.8, 4) is 0 Å². The van der Waals surface area contributed by atoms with Crippen molar-refractivity contribution >= 4 is 5.97 Å². The molecule has 110 valence electrons. The molecule has 0 radical (unpaired) electrons. The normalized spacial score (nSPS) is 14.7. The Bertz CT molecular complexity index is 322. The van der Waals surface area contributed by atoms with Gasteiger partial charge in [0.05, 0.1) is 6.10 Å². The van der Waals surface area contributed by atoms with E-state index >= 15 is 0 Å². The average Bonchev–Trinajstić information content (AvgIpc) is 2.28. The number of hydrogen-bond acceptors (Lipinski definition) is 2. The quantitative estimate of drug-likeness (QED) is 0.349. The first-order chi connectivity index (χ1) is 8.86. The van der Waals surface area contributed by atoms with Crippen LogP contribution in [0.25, 0.3) is 0 Å². The number of carbonyl (C=O) groups is 1. The molecule has 19 heavy (non-hydrogen) atoms. The summed E-state index contributed by atoms with van der Waals surface area (Å²) in [6.45, 7) is 12.3. The lowest BCUT2D eigenvalue weighted by atomic mass is 9.98. The highest BCUT2D eigenvalue weighted by Gasteiger charge is 2.14. The molecule has 0 N–H and O–H groups in total. The fraction of sp³-hybridized carbons (Fsp3) is 0.706. The summed E-state index contributed by atoms with van der Waals surface area (Å²) in [6, 6.07) is 0. The van der Waals surface area contributed by atoms with Crippen LogP contribution in [-0.2, 0) is 9.53 Å². The lowest BCUT2D eigenvalue weighted by molar-refractivity contribution is -0.144. The van der Waals surface area contributed by atoms with Crippen molar-refractivity contribution in [1.82, 2.24) is 0 Å². The van der Waals surface area contributed by atoms with Crippen LogP contribution in [0.3, 0.4) is 0 Å². The predicted octanol–water partition coefficient (Wildman–Crippen LogP) is 5.05. The van der Waals surface area contributed by atoms with Gasteiger partial charge in [-0.2, -0.15) is 0 Å². The van der Waals surface area contributed by atoms with E-state index in [9.17, 15) is 4.79 Å². The van der Waals surface area contributed by atoms with E-state index in [4.69, 9.17) is 4.74 Å². The predicted molar refractivity (Wildman–Crippen MR) is 82.0 cm³/mol. The highest BCUT2D eigenvalue weighted by atomic mass is 16.5. The molecule has 0 saturated heterocycles. The van der Waals surface area contributed by atoms with Gasteiger partial charge < -0.3 is 4.74 Å². The van der Waals surface area contributed by atoms with E-state index in [0.29, 0.717) is 11.5 Å². The molecule has 0 saturated carbocycles. The monoisotopic (exact) mass is 266 g/mol. The summed E-state index contributed by atoms with van der Waals surface area (Å²) in [5.74, 6) is 0.403. The summed E-state index contributed by atoms with van der Waals surface area (Å²) < 4.78 is 5.44. The summed E-state index contributed by atoms with van der Waals surface area (Å²) in [4.78, 5) is 11.7. The van der Waals surface area contributed by atoms with Gasteiger partial charge in [0.25, 0.3) is 0 Å². The Morgan fingerprint density at radius 3 is 2.32 bits per heavy atom. The molecule has 0 aromatic carbocycles. The van der Waals surface area contributed by atoms with Gasteiger partial charge in [0.1, 0.15) is 0 Å². The van der Waals surface area contributed by atoms with Crippen LogP contribution in [0.15, 0.2) is 23.3 Å². The van der Waals surface area contributed by atoms with Crippen LogP contribution in [0, 0.1) is 5.92 Å². The number of ether oxygens (including phenoxy) is 1. The van der Waals surface area contributed by atoms with Gasteiger partial charge in [-0.25, -0.2) is 4.79 Å². The second-order valence-corrected chi connectivity index (χ2v) is 5.71. The second-order valence-electron chi connectivity index (χ2n) is 5.71. The van der Waals surface area contributed by atoms with E-state index in [1.54, 1.807) is 0 Å². The minimum Gasteiger partial charge on any atom is -0.459 e. The van der Waals surface area contributed by atoms with Crippen molar-refractivity contribution in [2.24, 2.45) is 5.92 Å². The third kappa shape index (κ3) is 9.52. The summed E-state index contributed by atoms with van der Waals surface area (Å²) >= 11 is 0. The molecule has 0 rings (SSSR count). The molecule has 2 heteroatoms. The van der Waals surface area contributed by atoms with Crippen molar-refractivity contribution in [1.29, 1.82) is 0 Å². The summed E-state index contributed by atoms with van der Waals surface area (Å²) in [7, 11) is 0. The summed E-state index contributed by atoms with van der Waals surface area (Å²) in [5, 5.41) is 0. The summed E-state index contributed by atoms with van der Waals surface area (Å²) in [5.41, 5.74) is 2.08. The topological polar surface area (TPSA) is 26.3 Å². The minimum absolute atomic E-state index is 0.00518. The SMILES string of the molecule is CC/C=C(\C)C(=O)OC(C)CC(C)CCC=C(C)C. The van der Waals surface area contributed by atoms with Gasteiger partial charge in [0.2, 0.25) is 0 Å². The van der Waals surface area contributed by atoms with Gasteiger partial charge >= 0.3 is 5.97 Å². The highest BCUT2D eigenvalue weighted by Crippen LogP contribution is 2.16. The number of rotatable bonds is 8. The van der Waals surface area contributed by atoms with E-state index in [1.165, 1.54) is 5.57 Å². The lowest BCUT2D eigenvalue weighted by Crippen LogP contribution is -2.18. The first-order valence-corrected chi connectivity index (χ1v) is 7.37. The molecule has 2 atom stereocenters. The van der Waals surface area contributed by atoms with Gasteiger partial charge in [-0.1, -0.05) is 31.6 Å². The summed E-state index contributed by atoms with van der Waals surface area (Å²) in [6.07, 6.45) is 8.23. The maximum absolute atomic E-state index is 11.7. The zero-order chi connectivity index (χ0) is 14.8. The molecule has 0 bridgehead atoms. The molecule has 0 heterocycles. The van der Waals surface area contributed by atoms with Crippen molar-refractivity contribution in [3.05, 3.63) is 23.3 Å². The van der Waals surface area contributed by atoms with Crippen molar-refractivity contribution in [3.63, 3.8) is 0 Å². The lowest BCUT2D eigenvalue weighted by Gasteiger charge is -2.17. The Morgan fingerprint density at radius 2 is 1.79 bits per heavy atom.